The zero-order valence-corrected chi connectivity index (χ0v) is 29.5. The average molecular weight is 713 g/mol. The Morgan fingerprint density at radius 2 is 1.16 bits per heavy atom. The van der Waals surface area contributed by atoms with Crippen LogP contribution in [-0.2, 0) is 6.54 Å². The highest BCUT2D eigenvalue weighted by atomic mass is 127. The van der Waals surface area contributed by atoms with Crippen molar-refractivity contribution in [2.45, 2.75) is 142 Å². The molecule has 242 valence electrons. The van der Waals surface area contributed by atoms with E-state index in [1.807, 2.05) is 48.6 Å². The van der Waals surface area contributed by atoms with Crippen molar-refractivity contribution in [3.63, 3.8) is 0 Å². The number of anilines is 1. The number of hydrogen-bond acceptors (Lipinski definition) is 3. The Hall–Kier alpha value is -2.28. The molecule has 1 aliphatic heterocycles. The monoisotopic (exact) mass is 712 g/mol. The van der Waals surface area contributed by atoms with E-state index < -0.39 is 0 Å². The Labute approximate surface area is 284 Å². The molecule has 0 unspecified atom stereocenters. The lowest BCUT2D eigenvalue weighted by Crippen LogP contribution is -3.00. The lowest BCUT2D eigenvalue weighted by Gasteiger charge is -2.04. The predicted octanol–water partition coefficient (Wildman–Crippen LogP) is 8.91. The fourth-order valence-electron chi connectivity index (χ4n) is 6.16. The van der Waals surface area contributed by atoms with Crippen LogP contribution >= 0.6 is 0 Å². The van der Waals surface area contributed by atoms with Gasteiger partial charge in [0.1, 0.15) is 0 Å². The summed E-state index contributed by atoms with van der Waals surface area (Å²) in [5.74, 6) is 2.47. The van der Waals surface area contributed by atoms with E-state index in [0.29, 0.717) is 0 Å². The second-order valence-corrected chi connectivity index (χ2v) is 12.4. The first-order chi connectivity index (χ1) is 21.3. The van der Waals surface area contributed by atoms with Crippen LogP contribution in [0.5, 0.6) is 5.75 Å². The number of allylic oxidation sites excluding steroid dienone is 2. The van der Waals surface area contributed by atoms with E-state index in [0.717, 1.165) is 40.9 Å². The van der Waals surface area contributed by atoms with Gasteiger partial charge in [0.2, 0.25) is 5.58 Å². The van der Waals surface area contributed by atoms with Crippen LogP contribution in [0.1, 0.15) is 141 Å². The quantitative estimate of drug-likeness (QED) is 0.0607. The predicted molar refractivity (Wildman–Crippen MR) is 182 cm³/mol. The summed E-state index contributed by atoms with van der Waals surface area (Å²) in [6.45, 7) is 3.28. The number of halogens is 1. The van der Waals surface area contributed by atoms with Gasteiger partial charge in [0, 0.05) is 12.5 Å². The first-order valence-corrected chi connectivity index (χ1v) is 17.7. The Morgan fingerprint density at radius 1 is 0.636 bits per heavy atom. The third kappa shape index (κ3) is 13.0. The van der Waals surface area contributed by atoms with Gasteiger partial charge in [-0.2, -0.15) is 4.57 Å². The SMILES string of the molecule is CCCCCCCCCCCCCCCCCCCCCC[n+]1c(C=CC=C2Nc3ccccc3O2)oc2ccccc21.[I-]. The van der Waals surface area contributed by atoms with Crippen LogP contribution in [0.4, 0.5) is 5.69 Å². The molecule has 0 saturated carbocycles. The first kappa shape index (κ1) is 36.2. The maximum Gasteiger partial charge on any atom is 0.374 e. The molecule has 2 aromatic carbocycles. The van der Waals surface area contributed by atoms with Crippen LogP contribution in [0, 0.1) is 0 Å². The van der Waals surface area contributed by atoms with Crippen LogP contribution in [0.25, 0.3) is 17.2 Å². The number of nitrogens with zero attached hydrogens (tertiary/aromatic N) is 1. The molecule has 0 bridgehead atoms. The summed E-state index contributed by atoms with van der Waals surface area (Å²) < 4.78 is 14.4. The average Bonchev–Trinajstić information content (AvgIpc) is 3.61. The number of benzene rings is 2. The van der Waals surface area contributed by atoms with Gasteiger partial charge in [0.15, 0.2) is 18.2 Å². The number of oxazole rings is 1. The summed E-state index contributed by atoms with van der Waals surface area (Å²) in [4.78, 5) is 0. The molecule has 4 rings (SSSR count). The Bertz CT molecular complexity index is 1220. The number of aromatic nitrogens is 1. The van der Waals surface area contributed by atoms with Gasteiger partial charge in [-0.05, 0) is 36.8 Å². The summed E-state index contributed by atoms with van der Waals surface area (Å²) in [5.41, 5.74) is 3.10. The fraction of sp³-hybridized carbons (Fsp3) is 0.564. The third-order valence-corrected chi connectivity index (χ3v) is 8.72. The molecule has 0 fully saturated rings. The van der Waals surface area contributed by atoms with Crippen molar-refractivity contribution < 1.29 is 37.7 Å². The molecule has 1 N–H and O–H groups in total. The molecule has 1 aromatic heterocycles. The van der Waals surface area contributed by atoms with Crippen molar-refractivity contribution >= 4 is 22.9 Å². The number of ether oxygens (including phenoxy) is 1. The van der Waals surface area contributed by atoms with E-state index in [2.05, 4.69) is 35.0 Å². The highest BCUT2D eigenvalue weighted by molar-refractivity contribution is 5.69. The van der Waals surface area contributed by atoms with Crippen molar-refractivity contribution in [3.8, 4) is 5.75 Å². The first-order valence-electron chi connectivity index (χ1n) is 17.7. The normalized spacial score (nSPS) is 13.3. The van der Waals surface area contributed by atoms with E-state index in [-0.39, 0.29) is 24.0 Å². The third-order valence-electron chi connectivity index (χ3n) is 8.72. The maximum absolute atomic E-state index is 6.21. The minimum Gasteiger partial charge on any atom is -1.00 e. The van der Waals surface area contributed by atoms with E-state index in [9.17, 15) is 0 Å². The van der Waals surface area contributed by atoms with Gasteiger partial charge >= 0.3 is 5.89 Å². The van der Waals surface area contributed by atoms with E-state index in [1.54, 1.807) is 0 Å². The Kier molecular flexibility index (Phi) is 18.3. The number of unbranched alkanes of at least 4 members (excludes halogenated alkanes) is 19. The summed E-state index contributed by atoms with van der Waals surface area (Å²) in [6.07, 6.45) is 34.1. The molecule has 0 spiro atoms. The lowest BCUT2D eigenvalue weighted by atomic mass is 10.0. The molecular weight excluding hydrogens is 655 g/mol. The molecule has 0 saturated heterocycles. The minimum atomic E-state index is 0. The van der Waals surface area contributed by atoms with Gasteiger partial charge < -0.3 is 38.4 Å². The largest absolute Gasteiger partial charge is 1.00 e. The topological polar surface area (TPSA) is 38.3 Å². The number of rotatable bonds is 23. The fourth-order valence-corrected chi connectivity index (χ4v) is 6.16. The second-order valence-electron chi connectivity index (χ2n) is 12.4. The molecular formula is C39H57IN2O2. The van der Waals surface area contributed by atoms with Crippen molar-refractivity contribution in [3.05, 3.63) is 72.5 Å². The highest BCUT2D eigenvalue weighted by Crippen LogP contribution is 2.32. The minimum absolute atomic E-state index is 0. The summed E-state index contributed by atoms with van der Waals surface area (Å²) >= 11 is 0. The standard InChI is InChI=1S/C39H56N2O2.HI/c1-2-3-4-5-6-7-8-9-10-11-12-13-14-15-16-17-18-19-20-25-33-41-35-28-22-24-30-37(35)43-39(41)32-26-31-38-40-34-27-21-23-29-36(34)42-38;/h21-24,26-32H,2-20,25,33H2,1H3;1H. The number of aryl methyl sites for hydroxylation is 1. The number of para-hydroxylation sites is 4. The van der Waals surface area contributed by atoms with E-state index in [1.165, 1.54) is 128 Å². The zero-order valence-electron chi connectivity index (χ0n) is 27.3. The molecule has 3 aromatic rings. The van der Waals surface area contributed by atoms with Gasteiger partial charge in [-0.15, -0.1) is 0 Å². The molecule has 2 heterocycles. The van der Waals surface area contributed by atoms with Crippen molar-refractivity contribution in [2.24, 2.45) is 0 Å². The van der Waals surface area contributed by atoms with Crippen LogP contribution in [0.3, 0.4) is 0 Å². The van der Waals surface area contributed by atoms with Gasteiger partial charge in [-0.3, -0.25) is 0 Å². The van der Waals surface area contributed by atoms with Gasteiger partial charge in [-0.1, -0.05) is 147 Å². The van der Waals surface area contributed by atoms with Crippen LogP contribution in [-0.4, -0.2) is 0 Å². The van der Waals surface area contributed by atoms with E-state index in [4.69, 9.17) is 9.15 Å². The summed E-state index contributed by atoms with van der Waals surface area (Å²) in [5, 5.41) is 3.30. The highest BCUT2D eigenvalue weighted by Gasteiger charge is 2.20. The van der Waals surface area contributed by atoms with Crippen LogP contribution < -0.4 is 38.6 Å². The van der Waals surface area contributed by atoms with Crippen molar-refractivity contribution in [1.82, 2.24) is 0 Å². The summed E-state index contributed by atoms with van der Waals surface area (Å²) in [7, 11) is 0. The van der Waals surface area contributed by atoms with Crippen LogP contribution in [0.2, 0.25) is 0 Å². The van der Waals surface area contributed by atoms with Crippen molar-refractivity contribution in [2.75, 3.05) is 5.32 Å². The van der Waals surface area contributed by atoms with E-state index >= 15 is 0 Å². The number of fused-ring (bicyclic) bond motifs is 2. The smallest absolute Gasteiger partial charge is 0.374 e. The lowest BCUT2D eigenvalue weighted by molar-refractivity contribution is -0.678. The summed E-state index contributed by atoms with van der Waals surface area (Å²) in [6, 6.07) is 16.3. The zero-order chi connectivity index (χ0) is 29.8. The number of hydrogen-bond donors (Lipinski definition) is 1. The molecule has 0 radical (unpaired) electrons. The van der Waals surface area contributed by atoms with Crippen LogP contribution in [0.15, 0.2) is 71.0 Å². The maximum atomic E-state index is 6.21. The molecule has 1 aliphatic rings. The second kappa shape index (κ2) is 22.3. The molecule has 5 heteroatoms. The van der Waals surface area contributed by atoms with Gasteiger partial charge in [-0.25, -0.2) is 0 Å². The Morgan fingerprint density at radius 3 is 1.75 bits per heavy atom. The molecule has 0 amide bonds. The molecule has 4 nitrogen and oxygen atoms in total. The van der Waals surface area contributed by atoms with Crippen molar-refractivity contribution in [1.29, 1.82) is 0 Å². The molecule has 0 aliphatic carbocycles. The van der Waals surface area contributed by atoms with Gasteiger partial charge in [0.05, 0.1) is 11.8 Å². The molecule has 0 atom stereocenters. The van der Waals surface area contributed by atoms with Gasteiger partial charge in [0.25, 0.3) is 5.52 Å². The number of nitrogens with one attached hydrogen (secondary N) is 1. The molecule has 44 heavy (non-hydrogen) atoms. The Balaban J connectivity index is 0.00000529.